The van der Waals surface area contributed by atoms with Crippen molar-refractivity contribution >= 4 is 16.6 Å². The summed E-state index contributed by atoms with van der Waals surface area (Å²) in [5.74, 6) is 0.450. The fourth-order valence-corrected chi connectivity index (χ4v) is 2.98. The van der Waals surface area contributed by atoms with Crippen molar-refractivity contribution < 1.29 is 9.13 Å². The molecule has 0 saturated heterocycles. The molecule has 20 heavy (non-hydrogen) atoms. The van der Waals surface area contributed by atoms with Crippen LogP contribution in [0.15, 0.2) is 24.4 Å². The molecule has 2 unspecified atom stereocenters. The van der Waals surface area contributed by atoms with Crippen molar-refractivity contribution in [1.82, 2.24) is 4.98 Å². The molecule has 1 aliphatic carbocycles. The summed E-state index contributed by atoms with van der Waals surface area (Å²) in [5.41, 5.74) is 6.76. The smallest absolute Gasteiger partial charge is 0.181 e. The summed E-state index contributed by atoms with van der Waals surface area (Å²) in [6.45, 7) is 2.21. The Hall–Kier alpha value is -1.84. The van der Waals surface area contributed by atoms with Gasteiger partial charge in [0.25, 0.3) is 0 Å². The SMILES string of the molecule is CC1CCCC(Oc2c(F)cc(N)c3cccnc23)C1. The van der Waals surface area contributed by atoms with E-state index in [0.717, 1.165) is 24.6 Å². The minimum absolute atomic E-state index is 0.0714. The van der Waals surface area contributed by atoms with Crippen LogP contribution < -0.4 is 10.5 Å². The Bertz CT molecular complexity index is 629. The second-order valence-electron chi connectivity index (χ2n) is 5.69. The summed E-state index contributed by atoms with van der Waals surface area (Å²) in [6, 6.07) is 4.96. The lowest BCUT2D eigenvalue weighted by molar-refractivity contribution is 0.126. The predicted octanol–water partition coefficient (Wildman–Crippen LogP) is 3.91. The number of rotatable bonds is 2. The van der Waals surface area contributed by atoms with Gasteiger partial charge in [0.15, 0.2) is 11.6 Å². The van der Waals surface area contributed by atoms with Crippen molar-refractivity contribution in [3.63, 3.8) is 0 Å². The number of nitrogen functional groups attached to an aromatic ring is 1. The van der Waals surface area contributed by atoms with Crippen LogP contribution in [0.25, 0.3) is 10.9 Å². The average Bonchev–Trinajstić information content (AvgIpc) is 2.43. The fourth-order valence-electron chi connectivity index (χ4n) is 2.98. The molecule has 4 heteroatoms. The summed E-state index contributed by atoms with van der Waals surface area (Å²) in [5, 5.41) is 0.743. The van der Waals surface area contributed by atoms with Gasteiger partial charge in [-0.25, -0.2) is 4.39 Å². The van der Waals surface area contributed by atoms with Crippen LogP contribution in [-0.4, -0.2) is 11.1 Å². The first-order valence-electron chi connectivity index (χ1n) is 7.14. The van der Waals surface area contributed by atoms with Gasteiger partial charge in [0.05, 0.1) is 6.10 Å². The summed E-state index contributed by atoms with van der Waals surface area (Å²) >= 11 is 0. The third kappa shape index (κ3) is 2.42. The molecule has 0 amide bonds. The zero-order valence-electron chi connectivity index (χ0n) is 11.6. The number of nitrogens with two attached hydrogens (primary N) is 1. The number of ether oxygens (including phenoxy) is 1. The minimum atomic E-state index is -0.424. The van der Waals surface area contributed by atoms with E-state index >= 15 is 0 Å². The van der Waals surface area contributed by atoms with Crippen molar-refractivity contribution in [1.29, 1.82) is 0 Å². The van der Waals surface area contributed by atoms with E-state index in [2.05, 4.69) is 11.9 Å². The molecular formula is C16H19FN2O. The Morgan fingerprint density at radius 3 is 3.05 bits per heavy atom. The van der Waals surface area contributed by atoms with Crippen molar-refractivity contribution in [2.45, 2.75) is 38.7 Å². The van der Waals surface area contributed by atoms with Gasteiger partial charge >= 0.3 is 0 Å². The molecule has 1 fully saturated rings. The Morgan fingerprint density at radius 1 is 1.40 bits per heavy atom. The van der Waals surface area contributed by atoms with Gasteiger partial charge in [-0.05, 0) is 37.3 Å². The van der Waals surface area contributed by atoms with E-state index in [-0.39, 0.29) is 11.9 Å². The number of aromatic nitrogens is 1. The van der Waals surface area contributed by atoms with Crippen LogP contribution in [0.1, 0.15) is 32.6 Å². The van der Waals surface area contributed by atoms with Gasteiger partial charge in [-0.1, -0.05) is 13.3 Å². The highest BCUT2D eigenvalue weighted by atomic mass is 19.1. The number of benzene rings is 1. The fraction of sp³-hybridized carbons (Fsp3) is 0.438. The second-order valence-corrected chi connectivity index (χ2v) is 5.69. The molecule has 0 spiro atoms. The van der Waals surface area contributed by atoms with E-state index < -0.39 is 5.82 Å². The lowest BCUT2D eigenvalue weighted by atomic mass is 9.88. The van der Waals surface area contributed by atoms with E-state index in [1.54, 1.807) is 12.3 Å². The summed E-state index contributed by atoms with van der Waals surface area (Å²) < 4.78 is 20.1. The van der Waals surface area contributed by atoms with Crippen molar-refractivity contribution in [2.24, 2.45) is 5.92 Å². The molecule has 1 aliphatic rings. The molecule has 3 rings (SSSR count). The van der Waals surface area contributed by atoms with E-state index in [9.17, 15) is 4.39 Å². The number of hydrogen-bond donors (Lipinski definition) is 1. The van der Waals surface area contributed by atoms with Crippen LogP contribution in [0.2, 0.25) is 0 Å². The molecule has 3 nitrogen and oxygen atoms in total. The molecule has 2 atom stereocenters. The molecular weight excluding hydrogens is 255 g/mol. The quantitative estimate of drug-likeness (QED) is 0.844. The van der Waals surface area contributed by atoms with Crippen molar-refractivity contribution in [3.8, 4) is 5.75 Å². The Morgan fingerprint density at radius 2 is 2.25 bits per heavy atom. The predicted molar refractivity (Wildman–Crippen MR) is 78.2 cm³/mol. The molecule has 1 aromatic heterocycles. The van der Waals surface area contributed by atoms with Gasteiger partial charge in [0, 0.05) is 23.3 Å². The molecule has 0 bridgehead atoms. The maximum Gasteiger partial charge on any atom is 0.181 e. The highest BCUT2D eigenvalue weighted by Gasteiger charge is 2.23. The Balaban J connectivity index is 1.98. The highest BCUT2D eigenvalue weighted by molar-refractivity contribution is 5.94. The lowest BCUT2D eigenvalue weighted by Crippen LogP contribution is -2.24. The van der Waals surface area contributed by atoms with E-state index in [1.807, 2.05) is 6.07 Å². The minimum Gasteiger partial charge on any atom is -0.485 e. The van der Waals surface area contributed by atoms with Crippen LogP contribution in [0.3, 0.4) is 0 Å². The maximum absolute atomic E-state index is 14.2. The van der Waals surface area contributed by atoms with Gasteiger partial charge in [-0.15, -0.1) is 0 Å². The first-order chi connectivity index (χ1) is 9.65. The van der Waals surface area contributed by atoms with Gasteiger partial charge in [0.1, 0.15) is 5.52 Å². The molecule has 0 radical (unpaired) electrons. The molecule has 106 valence electrons. The number of hydrogen-bond acceptors (Lipinski definition) is 3. The largest absolute Gasteiger partial charge is 0.485 e. The van der Waals surface area contributed by atoms with Crippen LogP contribution in [-0.2, 0) is 0 Å². The topological polar surface area (TPSA) is 48.1 Å². The monoisotopic (exact) mass is 274 g/mol. The maximum atomic E-state index is 14.2. The number of fused-ring (bicyclic) bond motifs is 1. The third-order valence-corrected chi connectivity index (χ3v) is 4.01. The van der Waals surface area contributed by atoms with E-state index in [0.29, 0.717) is 17.1 Å². The summed E-state index contributed by atoms with van der Waals surface area (Å²) in [7, 11) is 0. The number of pyridine rings is 1. The first-order valence-corrected chi connectivity index (χ1v) is 7.14. The van der Waals surface area contributed by atoms with Crippen LogP contribution >= 0.6 is 0 Å². The highest BCUT2D eigenvalue weighted by Crippen LogP contribution is 2.35. The molecule has 2 aromatic rings. The average molecular weight is 274 g/mol. The molecule has 1 heterocycles. The molecule has 0 aliphatic heterocycles. The van der Waals surface area contributed by atoms with Gasteiger partial charge in [0.2, 0.25) is 0 Å². The summed E-state index contributed by atoms with van der Waals surface area (Å²) in [6.07, 6.45) is 6.01. The molecule has 2 N–H and O–H groups in total. The Labute approximate surface area is 118 Å². The molecule has 1 saturated carbocycles. The standard InChI is InChI=1S/C16H19FN2O/c1-10-4-2-5-11(8-10)20-16-13(17)9-14(18)12-6-3-7-19-15(12)16/h3,6-7,9-11H,2,4-5,8,18H2,1H3. The summed E-state index contributed by atoms with van der Waals surface area (Å²) in [4.78, 5) is 4.24. The zero-order valence-corrected chi connectivity index (χ0v) is 11.6. The molecule has 1 aromatic carbocycles. The van der Waals surface area contributed by atoms with Crippen LogP contribution in [0.5, 0.6) is 5.75 Å². The number of nitrogens with zero attached hydrogens (tertiary/aromatic N) is 1. The van der Waals surface area contributed by atoms with Gasteiger partial charge < -0.3 is 10.5 Å². The zero-order chi connectivity index (χ0) is 14.1. The third-order valence-electron chi connectivity index (χ3n) is 4.01. The van der Waals surface area contributed by atoms with Gasteiger partial charge in [-0.3, -0.25) is 4.98 Å². The second kappa shape index (κ2) is 5.27. The first kappa shape index (κ1) is 13.2. The van der Waals surface area contributed by atoms with Crippen molar-refractivity contribution in [3.05, 3.63) is 30.2 Å². The number of halogens is 1. The van der Waals surface area contributed by atoms with Crippen LogP contribution in [0, 0.1) is 11.7 Å². The Kier molecular flexibility index (Phi) is 3.47. The van der Waals surface area contributed by atoms with Crippen molar-refractivity contribution in [2.75, 3.05) is 5.73 Å². The van der Waals surface area contributed by atoms with Gasteiger partial charge in [-0.2, -0.15) is 0 Å². The van der Waals surface area contributed by atoms with E-state index in [1.165, 1.54) is 12.5 Å². The lowest BCUT2D eigenvalue weighted by Gasteiger charge is -2.27. The van der Waals surface area contributed by atoms with Crippen LogP contribution in [0.4, 0.5) is 10.1 Å². The normalized spacial score (nSPS) is 22.9. The number of anilines is 1. The van der Waals surface area contributed by atoms with E-state index in [4.69, 9.17) is 10.5 Å².